The van der Waals surface area contributed by atoms with Crippen molar-refractivity contribution in [2.45, 2.75) is 38.1 Å². The van der Waals surface area contributed by atoms with Crippen LogP contribution in [0.3, 0.4) is 0 Å². The Labute approximate surface area is 224 Å². The molecule has 37 heavy (non-hydrogen) atoms. The van der Waals surface area contributed by atoms with Gasteiger partial charge in [0.15, 0.2) is 0 Å². The molecule has 1 amide bonds. The predicted octanol–water partition coefficient (Wildman–Crippen LogP) is 5.76. The van der Waals surface area contributed by atoms with E-state index in [1.165, 1.54) is 25.3 Å². The molecular formula is C28H33ClN2O5S. The van der Waals surface area contributed by atoms with Crippen LogP contribution < -0.4 is 19.1 Å². The van der Waals surface area contributed by atoms with Crippen LogP contribution in [0.4, 0.5) is 5.69 Å². The molecule has 0 bridgehead atoms. The molecule has 0 spiro atoms. The lowest BCUT2D eigenvalue weighted by atomic mass is 9.97. The van der Waals surface area contributed by atoms with Crippen molar-refractivity contribution < 1.29 is 22.7 Å². The van der Waals surface area contributed by atoms with Gasteiger partial charge < -0.3 is 14.8 Å². The van der Waals surface area contributed by atoms with Crippen molar-refractivity contribution >= 4 is 33.2 Å². The van der Waals surface area contributed by atoms with Gasteiger partial charge in [-0.25, -0.2) is 8.42 Å². The van der Waals surface area contributed by atoms with Gasteiger partial charge in [-0.15, -0.1) is 0 Å². The smallest absolute Gasteiger partial charge is 0.264 e. The third kappa shape index (κ3) is 7.17. The highest BCUT2D eigenvalue weighted by molar-refractivity contribution is 7.92. The molecule has 1 N–H and O–H groups in total. The van der Waals surface area contributed by atoms with E-state index < -0.39 is 22.5 Å². The zero-order valence-electron chi connectivity index (χ0n) is 21.7. The van der Waals surface area contributed by atoms with E-state index in [-0.39, 0.29) is 28.3 Å². The zero-order chi connectivity index (χ0) is 27.2. The molecule has 7 nitrogen and oxygen atoms in total. The van der Waals surface area contributed by atoms with Gasteiger partial charge in [0.2, 0.25) is 5.91 Å². The minimum absolute atomic E-state index is 0.0572. The number of rotatable bonds is 11. The molecule has 1 unspecified atom stereocenters. The van der Waals surface area contributed by atoms with Crippen LogP contribution in [0.25, 0.3) is 0 Å². The number of nitrogens with one attached hydrogen (secondary N) is 1. The molecule has 0 heterocycles. The van der Waals surface area contributed by atoms with E-state index in [4.69, 9.17) is 21.1 Å². The second kappa shape index (κ2) is 12.3. The van der Waals surface area contributed by atoms with Gasteiger partial charge in [0.05, 0.1) is 30.8 Å². The molecule has 1 atom stereocenters. The molecule has 0 aromatic heterocycles. The topological polar surface area (TPSA) is 84.9 Å². The lowest BCUT2D eigenvalue weighted by Crippen LogP contribution is -2.42. The van der Waals surface area contributed by atoms with Crippen LogP contribution in [0.1, 0.15) is 37.4 Å². The Bertz CT molecular complexity index is 1310. The van der Waals surface area contributed by atoms with Gasteiger partial charge in [-0.3, -0.25) is 9.10 Å². The van der Waals surface area contributed by atoms with Crippen LogP contribution >= 0.6 is 11.6 Å². The van der Waals surface area contributed by atoms with Crippen molar-refractivity contribution in [3.63, 3.8) is 0 Å². The molecule has 0 aliphatic heterocycles. The van der Waals surface area contributed by atoms with Gasteiger partial charge in [-0.2, -0.15) is 0 Å². The van der Waals surface area contributed by atoms with Crippen molar-refractivity contribution in [3.05, 3.63) is 82.9 Å². The minimum atomic E-state index is -4.13. The summed E-state index contributed by atoms with van der Waals surface area (Å²) in [6.45, 7) is 5.54. The molecule has 3 rings (SSSR count). The Morgan fingerprint density at radius 2 is 1.62 bits per heavy atom. The number of aryl methyl sites for hydroxylation is 1. The summed E-state index contributed by atoms with van der Waals surface area (Å²) >= 11 is 6.23. The summed E-state index contributed by atoms with van der Waals surface area (Å²) in [5.41, 5.74) is 1.99. The highest BCUT2D eigenvalue weighted by atomic mass is 35.5. The van der Waals surface area contributed by atoms with E-state index in [0.717, 1.165) is 15.4 Å². The standard InChI is InChI=1S/C28H33ClN2O5S/c1-19(2)16-25(21-8-11-23(35-4)12-9-21)30-28(32)18-31(26-17-22(29)10-15-27(26)36-5)37(33,34)24-13-6-20(3)7-14-24/h6-15,17,19,25H,16,18H2,1-5H3,(H,30,32). The monoisotopic (exact) mass is 544 g/mol. The van der Waals surface area contributed by atoms with Crippen LogP contribution in [0.5, 0.6) is 11.5 Å². The minimum Gasteiger partial charge on any atom is -0.497 e. The van der Waals surface area contributed by atoms with E-state index in [1.54, 1.807) is 31.4 Å². The van der Waals surface area contributed by atoms with Crippen molar-refractivity contribution in [1.29, 1.82) is 0 Å². The Kier molecular flexibility index (Phi) is 9.45. The molecule has 0 aliphatic carbocycles. The molecule has 0 fully saturated rings. The van der Waals surface area contributed by atoms with E-state index in [2.05, 4.69) is 19.2 Å². The second-order valence-corrected chi connectivity index (χ2v) is 11.5. The summed E-state index contributed by atoms with van der Waals surface area (Å²) in [4.78, 5) is 13.5. The lowest BCUT2D eigenvalue weighted by molar-refractivity contribution is -0.120. The number of anilines is 1. The number of carbonyl (C=O) groups is 1. The number of hydrogen-bond donors (Lipinski definition) is 1. The van der Waals surface area contributed by atoms with E-state index in [9.17, 15) is 13.2 Å². The van der Waals surface area contributed by atoms with Gasteiger partial charge >= 0.3 is 0 Å². The number of benzene rings is 3. The molecular weight excluding hydrogens is 512 g/mol. The third-order valence-electron chi connectivity index (χ3n) is 5.87. The number of amides is 1. The number of hydrogen-bond acceptors (Lipinski definition) is 5. The average Bonchev–Trinajstić information content (AvgIpc) is 2.87. The Morgan fingerprint density at radius 1 is 0.973 bits per heavy atom. The summed E-state index contributed by atoms with van der Waals surface area (Å²) in [5, 5.41) is 3.34. The molecule has 0 saturated heterocycles. The SMILES string of the molecule is COc1ccc(C(CC(C)C)NC(=O)CN(c2cc(Cl)ccc2OC)S(=O)(=O)c2ccc(C)cc2)cc1. The predicted molar refractivity (Wildman–Crippen MR) is 147 cm³/mol. The summed E-state index contributed by atoms with van der Waals surface area (Å²) in [6.07, 6.45) is 0.670. The van der Waals surface area contributed by atoms with Gasteiger partial charge in [0, 0.05) is 5.02 Å². The fourth-order valence-corrected chi connectivity index (χ4v) is 5.54. The maximum Gasteiger partial charge on any atom is 0.264 e. The second-order valence-electron chi connectivity index (χ2n) is 9.16. The summed E-state index contributed by atoms with van der Waals surface area (Å²) < 4.78 is 39.3. The largest absolute Gasteiger partial charge is 0.497 e. The van der Waals surface area contributed by atoms with E-state index in [0.29, 0.717) is 17.2 Å². The average molecular weight is 545 g/mol. The Balaban J connectivity index is 1.99. The van der Waals surface area contributed by atoms with Crippen LogP contribution in [-0.4, -0.2) is 35.1 Å². The lowest BCUT2D eigenvalue weighted by Gasteiger charge is -2.27. The van der Waals surface area contributed by atoms with Crippen LogP contribution in [0.2, 0.25) is 5.02 Å². The van der Waals surface area contributed by atoms with Gasteiger partial charge in [-0.1, -0.05) is 55.3 Å². The van der Waals surface area contributed by atoms with Crippen molar-refractivity contribution in [2.75, 3.05) is 25.1 Å². The summed E-state index contributed by atoms with van der Waals surface area (Å²) in [5.74, 6) is 0.815. The van der Waals surface area contributed by atoms with Crippen molar-refractivity contribution in [3.8, 4) is 11.5 Å². The van der Waals surface area contributed by atoms with Crippen molar-refractivity contribution in [1.82, 2.24) is 5.32 Å². The molecule has 198 valence electrons. The normalized spacial score (nSPS) is 12.2. The quantitative estimate of drug-likeness (QED) is 0.331. The summed E-state index contributed by atoms with van der Waals surface area (Å²) in [7, 11) is -1.10. The fourth-order valence-electron chi connectivity index (χ4n) is 3.95. The maximum atomic E-state index is 13.8. The molecule has 9 heteroatoms. The first kappa shape index (κ1) is 28.3. The molecule has 0 aliphatic rings. The van der Waals surface area contributed by atoms with Crippen molar-refractivity contribution in [2.24, 2.45) is 5.92 Å². The highest BCUT2D eigenvalue weighted by Crippen LogP contribution is 2.35. The van der Waals surface area contributed by atoms with E-state index >= 15 is 0 Å². The Hall–Kier alpha value is -3.23. The van der Waals surface area contributed by atoms with E-state index in [1.807, 2.05) is 31.2 Å². The number of methoxy groups -OCH3 is 2. The number of halogens is 1. The highest BCUT2D eigenvalue weighted by Gasteiger charge is 2.30. The van der Waals surface area contributed by atoms with Crippen LogP contribution in [-0.2, 0) is 14.8 Å². The zero-order valence-corrected chi connectivity index (χ0v) is 23.3. The number of ether oxygens (including phenoxy) is 2. The molecule has 3 aromatic rings. The number of carbonyl (C=O) groups excluding carboxylic acids is 1. The first-order valence-corrected chi connectivity index (χ1v) is 13.7. The fraction of sp³-hybridized carbons (Fsp3) is 0.321. The first-order chi connectivity index (χ1) is 17.5. The summed E-state index contributed by atoms with van der Waals surface area (Å²) in [6, 6.07) is 18.3. The third-order valence-corrected chi connectivity index (χ3v) is 7.88. The first-order valence-electron chi connectivity index (χ1n) is 11.9. The van der Waals surface area contributed by atoms with Crippen LogP contribution in [0, 0.1) is 12.8 Å². The number of sulfonamides is 1. The molecule has 3 aromatic carbocycles. The van der Waals surface area contributed by atoms with Gasteiger partial charge in [0.25, 0.3) is 10.0 Å². The van der Waals surface area contributed by atoms with Gasteiger partial charge in [0.1, 0.15) is 18.0 Å². The van der Waals surface area contributed by atoms with Crippen LogP contribution in [0.15, 0.2) is 71.6 Å². The van der Waals surface area contributed by atoms with Gasteiger partial charge in [-0.05, 0) is 67.3 Å². The molecule has 0 radical (unpaired) electrons. The maximum absolute atomic E-state index is 13.8. The number of nitrogens with zero attached hydrogens (tertiary/aromatic N) is 1. The molecule has 0 saturated carbocycles. The Morgan fingerprint density at radius 3 is 2.19 bits per heavy atom.